The van der Waals surface area contributed by atoms with E-state index in [2.05, 4.69) is 21.8 Å². The van der Waals surface area contributed by atoms with Crippen molar-refractivity contribution < 1.29 is 5.11 Å². The Kier molecular flexibility index (Phi) is 5.47. The highest BCUT2D eigenvalue weighted by Gasteiger charge is 2.10. The third kappa shape index (κ3) is 3.89. The number of aryl methyl sites for hydroxylation is 1. The maximum absolute atomic E-state index is 12.1. The predicted molar refractivity (Wildman–Crippen MR) is 84.4 cm³/mol. The lowest BCUT2D eigenvalue weighted by Gasteiger charge is -2.20. The number of nitrogens with one attached hydrogen (secondary N) is 1. The SMILES string of the molecule is CCCCN(CCO)Cc1nc2c(C)cccc2c(=O)[nH]1. The standard InChI is InChI=1S/C16H23N3O2/c1-3-4-8-19(9-10-20)11-14-17-15-12(2)6-5-7-13(15)16(21)18-14/h5-7,20H,3-4,8-11H2,1-2H3,(H,17,18,21). The molecule has 0 bridgehead atoms. The molecule has 2 rings (SSSR count). The predicted octanol–water partition coefficient (Wildman–Crippen LogP) is 1.83. The zero-order valence-electron chi connectivity index (χ0n) is 12.7. The van der Waals surface area contributed by atoms with Gasteiger partial charge >= 0.3 is 0 Å². The largest absolute Gasteiger partial charge is 0.395 e. The van der Waals surface area contributed by atoms with Crippen LogP contribution in [0.5, 0.6) is 0 Å². The minimum absolute atomic E-state index is 0.0989. The van der Waals surface area contributed by atoms with Crippen molar-refractivity contribution in [2.45, 2.75) is 33.2 Å². The fraction of sp³-hybridized carbons (Fsp3) is 0.500. The molecule has 21 heavy (non-hydrogen) atoms. The Morgan fingerprint density at radius 1 is 1.33 bits per heavy atom. The van der Waals surface area contributed by atoms with Crippen LogP contribution in [0.4, 0.5) is 0 Å². The van der Waals surface area contributed by atoms with Crippen LogP contribution in [0.3, 0.4) is 0 Å². The van der Waals surface area contributed by atoms with E-state index in [-0.39, 0.29) is 12.2 Å². The summed E-state index contributed by atoms with van der Waals surface area (Å²) in [5.41, 5.74) is 1.66. The summed E-state index contributed by atoms with van der Waals surface area (Å²) in [5.74, 6) is 0.659. The normalized spacial score (nSPS) is 11.4. The van der Waals surface area contributed by atoms with Gasteiger partial charge in [-0.15, -0.1) is 0 Å². The van der Waals surface area contributed by atoms with Crippen LogP contribution < -0.4 is 5.56 Å². The highest BCUT2D eigenvalue weighted by molar-refractivity contribution is 5.80. The monoisotopic (exact) mass is 289 g/mol. The Hall–Kier alpha value is -1.72. The first-order valence-corrected chi connectivity index (χ1v) is 7.47. The van der Waals surface area contributed by atoms with Crippen molar-refractivity contribution in [2.24, 2.45) is 0 Å². The number of fused-ring (bicyclic) bond motifs is 1. The van der Waals surface area contributed by atoms with E-state index in [1.54, 1.807) is 6.07 Å². The molecule has 2 N–H and O–H groups in total. The maximum Gasteiger partial charge on any atom is 0.258 e. The third-order valence-electron chi connectivity index (χ3n) is 3.60. The molecule has 1 aromatic carbocycles. The lowest BCUT2D eigenvalue weighted by atomic mass is 10.1. The van der Waals surface area contributed by atoms with E-state index in [0.29, 0.717) is 24.3 Å². The maximum atomic E-state index is 12.1. The van der Waals surface area contributed by atoms with Crippen LogP contribution in [0.25, 0.3) is 10.9 Å². The van der Waals surface area contributed by atoms with Gasteiger partial charge in [-0.25, -0.2) is 4.98 Å². The molecule has 2 aromatic rings. The molecule has 5 heteroatoms. The van der Waals surface area contributed by atoms with Gasteiger partial charge in [-0.3, -0.25) is 9.69 Å². The Labute approximate surface area is 124 Å². The summed E-state index contributed by atoms with van der Waals surface area (Å²) < 4.78 is 0. The van der Waals surface area contributed by atoms with E-state index in [9.17, 15) is 4.79 Å². The fourth-order valence-corrected chi connectivity index (χ4v) is 2.43. The van der Waals surface area contributed by atoms with Gasteiger partial charge in [0.05, 0.1) is 24.1 Å². The number of aliphatic hydroxyl groups is 1. The topological polar surface area (TPSA) is 69.2 Å². The van der Waals surface area contributed by atoms with E-state index in [0.717, 1.165) is 30.5 Å². The molecule has 0 spiro atoms. The minimum Gasteiger partial charge on any atom is -0.395 e. The number of hydrogen-bond acceptors (Lipinski definition) is 4. The summed E-state index contributed by atoms with van der Waals surface area (Å²) in [6.07, 6.45) is 2.17. The molecule has 0 amide bonds. The second kappa shape index (κ2) is 7.33. The molecule has 0 aliphatic heterocycles. The molecule has 5 nitrogen and oxygen atoms in total. The van der Waals surface area contributed by atoms with Crippen LogP contribution in [0, 0.1) is 6.92 Å². The van der Waals surface area contributed by atoms with Crippen molar-refractivity contribution in [1.82, 2.24) is 14.9 Å². The third-order valence-corrected chi connectivity index (χ3v) is 3.60. The van der Waals surface area contributed by atoms with Gasteiger partial charge in [0.15, 0.2) is 0 Å². The molecular formula is C16H23N3O2. The molecule has 1 aromatic heterocycles. The number of benzene rings is 1. The Morgan fingerprint density at radius 3 is 2.86 bits per heavy atom. The summed E-state index contributed by atoms with van der Waals surface area (Å²) in [6.45, 7) is 6.25. The summed E-state index contributed by atoms with van der Waals surface area (Å²) in [6, 6.07) is 5.62. The first kappa shape index (κ1) is 15.7. The number of unbranched alkanes of at least 4 members (excludes halogenated alkanes) is 1. The quantitative estimate of drug-likeness (QED) is 0.816. The summed E-state index contributed by atoms with van der Waals surface area (Å²) in [4.78, 5) is 21.7. The van der Waals surface area contributed by atoms with Gasteiger partial charge in [0, 0.05) is 6.54 Å². The molecule has 114 valence electrons. The Bertz CT molecular complexity index is 652. The van der Waals surface area contributed by atoms with Crippen LogP contribution >= 0.6 is 0 Å². The average molecular weight is 289 g/mol. The van der Waals surface area contributed by atoms with Crippen molar-refractivity contribution in [1.29, 1.82) is 0 Å². The summed E-state index contributed by atoms with van der Waals surface area (Å²) >= 11 is 0. The molecule has 0 unspecified atom stereocenters. The molecule has 0 saturated heterocycles. The van der Waals surface area contributed by atoms with Crippen LogP contribution in [-0.4, -0.2) is 39.7 Å². The van der Waals surface area contributed by atoms with Crippen LogP contribution in [0.2, 0.25) is 0 Å². The van der Waals surface area contributed by atoms with Crippen molar-refractivity contribution in [2.75, 3.05) is 19.7 Å². The number of nitrogens with zero attached hydrogens (tertiary/aromatic N) is 2. The molecule has 0 aliphatic carbocycles. The van der Waals surface area contributed by atoms with Gasteiger partial charge in [-0.1, -0.05) is 25.5 Å². The minimum atomic E-state index is -0.0989. The highest BCUT2D eigenvalue weighted by Crippen LogP contribution is 2.12. The second-order valence-corrected chi connectivity index (χ2v) is 5.34. The van der Waals surface area contributed by atoms with E-state index in [1.807, 2.05) is 19.1 Å². The number of hydrogen-bond donors (Lipinski definition) is 2. The van der Waals surface area contributed by atoms with Crippen molar-refractivity contribution in [3.05, 3.63) is 39.9 Å². The van der Waals surface area contributed by atoms with E-state index in [4.69, 9.17) is 5.11 Å². The molecule has 0 atom stereocenters. The average Bonchev–Trinajstić information content (AvgIpc) is 2.46. The summed E-state index contributed by atoms with van der Waals surface area (Å²) in [7, 11) is 0. The smallest absolute Gasteiger partial charge is 0.258 e. The van der Waals surface area contributed by atoms with E-state index in [1.165, 1.54) is 0 Å². The molecular weight excluding hydrogens is 266 g/mol. The first-order chi connectivity index (χ1) is 10.2. The molecule has 1 heterocycles. The van der Waals surface area contributed by atoms with Crippen molar-refractivity contribution >= 4 is 10.9 Å². The van der Waals surface area contributed by atoms with Crippen LogP contribution in [0.1, 0.15) is 31.2 Å². The van der Waals surface area contributed by atoms with E-state index >= 15 is 0 Å². The Balaban J connectivity index is 2.29. The zero-order valence-corrected chi connectivity index (χ0v) is 12.7. The number of rotatable bonds is 7. The molecule has 0 saturated carbocycles. The number of H-pyrrole nitrogens is 1. The number of aromatic nitrogens is 2. The van der Waals surface area contributed by atoms with Crippen molar-refractivity contribution in [3.8, 4) is 0 Å². The van der Waals surface area contributed by atoms with Crippen LogP contribution in [0.15, 0.2) is 23.0 Å². The fourth-order valence-electron chi connectivity index (χ4n) is 2.43. The lowest BCUT2D eigenvalue weighted by Crippen LogP contribution is -2.29. The van der Waals surface area contributed by atoms with Crippen molar-refractivity contribution in [3.63, 3.8) is 0 Å². The van der Waals surface area contributed by atoms with Gasteiger partial charge in [-0.05, 0) is 31.5 Å². The van der Waals surface area contributed by atoms with Gasteiger partial charge < -0.3 is 10.1 Å². The molecule has 0 fully saturated rings. The first-order valence-electron chi connectivity index (χ1n) is 7.47. The van der Waals surface area contributed by atoms with Gasteiger partial charge in [0.2, 0.25) is 0 Å². The van der Waals surface area contributed by atoms with Gasteiger partial charge in [-0.2, -0.15) is 0 Å². The second-order valence-electron chi connectivity index (χ2n) is 5.34. The number of para-hydroxylation sites is 1. The highest BCUT2D eigenvalue weighted by atomic mass is 16.3. The molecule has 0 aliphatic rings. The Morgan fingerprint density at radius 2 is 2.14 bits per heavy atom. The summed E-state index contributed by atoms with van der Waals surface area (Å²) in [5, 5.41) is 9.78. The lowest BCUT2D eigenvalue weighted by molar-refractivity contribution is 0.185. The van der Waals surface area contributed by atoms with Gasteiger partial charge in [0.1, 0.15) is 5.82 Å². The number of aromatic amines is 1. The van der Waals surface area contributed by atoms with Gasteiger partial charge in [0.25, 0.3) is 5.56 Å². The molecule has 0 radical (unpaired) electrons. The van der Waals surface area contributed by atoms with Crippen LogP contribution in [-0.2, 0) is 6.54 Å². The zero-order chi connectivity index (χ0) is 15.2. The number of aliphatic hydroxyl groups excluding tert-OH is 1. The van der Waals surface area contributed by atoms with E-state index < -0.39 is 0 Å².